The van der Waals surface area contributed by atoms with E-state index in [4.69, 9.17) is 5.73 Å². The third-order valence-corrected chi connectivity index (χ3v) is 6.72. The Balaban J connectivity index is 2.25. The molecule has 4 nitrogen and oxygen atoms in total. The number of hydrogen-bond acceptors (Lipinski definition) is 3. The smallest absolute Gasteiger partial charge is 0.245 e. The molecule has 0 aliphatic carbocycles. The van der Waals surface area contributed by atoms with Crippen LogP contribution < -0.4 is 5.73 Å². The van der Waals surface area contributed by atoms with Gasteiger partial charge in [-0.05, 0) is 49.3 Å². The summed E-state index contributed by atoms with van der Waals surface area (Å²) in [6.07, 6.45) is 2.93. The number of benzene rings is 1. The van der Waals surface area contributed by atoms with Crippen molar-refractivity contribution in [1.29, 1.82) is 0 Å². The Morgan fingerprint density at radius 2 is 2.00 bits per heavy atom. The zero-order valence-electron chi connectivity index (χ0n) is 12.5. The number of nitrogens with two attached hydrogens (primary N) is 1. The molecule has 1 unspecified atom stereocenters. The van der Waals surface area contributed by atoms with E-state index in [0.717, 1.165) is 23.7 Å². The first-order valence-corrected chi connectivity index (χ1v) is 9.61. The fourth-order valence-electron chi connectivity index (χ4n) is 2.87. The Labute approximate surface area is 135 Å². The van der Waals surface area contributed by atoms with Crippen molar-refractivity contribution >= 4 is 31.6 Å². The molecule has 1 heterocycles. The van der Waals surface area contributed by atoms with Crippen LogP contribution in [0.5, 0.6) is 0 Å². The number of hydrogen-bond donors (Lipinski definition) is 1. The maximum atomic E-state index is 12.8. The van der Waals surface area contributed by atoms with Gasteiger partial charge in [-0.25, -0.2) is 8.42 Å². The summed E-state index contributed by atoms with van der Waals surface area (Å²) in [7, 11) is -3.51. The highest BCUT2D eigenvalue weighted by molar-refractivity contribution is 9.10. The highest BCUT2D eigenvalue weighted by Crippen LogP contribution is 2.30. The van der Waals surface area contributed by atoms with E-state index in [9.17, 15) is 8.42 Å². The Morgan fingerprint density at radius 1 is 1.29 bits per heavy atom. The van der Waals surface area contributed by atoms with Crippen molar-refractivity contribution < 1.29 is 8.42 Å². The van der Waals surface area contributed by atoms with Gasteiger partial charge in [0.15, 0.2) is 0 Å². The maximum absolute atomic E-state index is 12.8. The Hall–Kier alpha value is -0.590. The summed E-state index contributed by atoms with van der Waals surface area (Å²) in [5, 5.41) is 0. The molecule has 0 spiro atoms. The van der Waals surface area contributed by atoms with Crippen molar-refractivity contribution in [3.63, 3.8) is 0 Å². The van der Waals surface area contributed by atoms with Gasteiger partial charge in [-0.2, -0.15) is 4.31 Å². The topological polar surface area (TPSA) is 63.4 Å². The van der Waals surface area contributed by atoms with E-state index in [1.165, 1.54) is 0 Å². The molecular weight excluding hydrogens is 352 g/mol. The molecule has 2 rings (SSSR count). The van der Waals surface area contributed by atoms with E-state index in [2.05, 4.69) is 29.8 Å². The zero-order valence-corrected chi connectivity index (χ0v) is 15.0. The average Bonchev–Trinajstić information content (AvgIpc) is 2.67. The lowest BCUT2D eigenvalue weighted by Gasteiger charge is -2.22. The van der Waals surface area contributed by atoms with Crippen LogP contribution in [0.1, 0.15) is 33.1 Å². The molecule has 0 radical (unpaired) electrons. The highest BCUT2D eigenvalue weighted by Gasteiger charge is 2.29. The van der Waals surface area contributed by atoms with E-state index in [1.54, 1.807) is 22.5 Å². The zero-order chi connectivity index (χ0) is 15.6. The molecule has 6 heteroatoms. The fourth-order valence-corrected chi connectivity index (χ4v) is 5.02. The van der Waals surface area contributed by atoms with E-state index in [0.29, 0.717) is 30.6 Å². The van der Waals surface area contributed by atoms with Crippen LogP contribution in [0.3, 0.4) is 0 Å². The molecule has 2 N–H and O–H groups in total. The minimum atomic E-state index is -3.51. The number of halogens is 1. The summed E-state index contributed by atoms with van der Waals surface area (Å²) in [4.78, 5) is 0.208. The minimum absolute atomic E-state index is 0.208. The maximum Gasteiger partial charge on any atom is 0.245 e. The first-order chi connectivity index (χ1) is 9.82. The molecule has 1 saturated heterocycles. The monoisotopic (exact) mass is 374 g/mol. The van der Waals surface area contributed by atoms with E-state index < -0.39 is 10.0 Å². The average molecular weight is 375 g/mol. The highest BCUT2D eigenvalue weighted by atomic mass is 79.9. The third kappa shape index (κ3) is 3.79. The standard InChI is InChI=1S/C15H23BrN2O2S/c1-11(2)12-4-3-8-18(9-7-12)21(19,20)15-10-13(16)5-6-14(15)17/h5-6,10-12H,3-4,7-9,17H2,1-2H3. The van der Waals surface area contributed by atoms with Crippen LogP contribution in [0.15, 0.2) is 27.6 Å². The van der Waals surface area contributed by atoms with Gasteiger partial charge in [-0.1, -0.05) is 29.8 Å². The molecule has 1 aromatic rings. The lowest BCUT2D eigenvalue weighted by molar-refractivity contribution is 0.341. The number of sulfonamides is 1. The Morgan fingerprint density at radius 3 is 2.67 bits per heavy atom. The third-order valence-electron chi connectivity index (χ3n) is 4.27. The second kappa shape index (κ2) is 6.67. The molecule has 0 aromatic heterocycles. The number of anilines is 1. The molecular formula is C15H23BrN2O2S. The summed E-state index contributed by atoms with van der Waals surface area (Å²) in [5.74, 6) is 1.20. The number of nitrogen functional groups attached to an aromatic ring is 1. The van der Waals surface area contributed by atoms with Crippen LogP contribution in [0, 0.1) is 11.8 Å². The second-order valence-corrected chi connectivity index (χ2v) is 8.84. The van der Waals surface area contributed by atoms with E-state index in [-0.39, 0.29) is 4.90 Å². The quantitative estimate of drug-likeness (QED) is 0.823. The van der Waals surface area contributed by atoms with Gasteiger partial charge in [0.1, 0.15) is 4.90 Å². The molecule has 0 saturated carbocycles. The van der Waals surface area contributed by atoms with Crippen molar-refractivity contribution in [2.45, 2.75) is 38.0 Å². The second-order valence-electron chi connectivity index (χ2n) is 6.02. The SMILES string of the molecule is CC(C)C1CCCN(S(=O)(=O)c2cc(Br)ccc2N)CC1. The van der Waals surface area contributed by atoms with Gasteiger partial charge < -0.3 is 5.73 Å². The predicted octanol–water partition coefficient (Wildman–Crippen LogP) is 3.48. The van der Waals surface area contributed by atoms with Gasteiger partial charge in [-0.15, -0.1) is 0 Å². The molecule has 118 valence electrons. The lowest BCUT2D eigenvalue weighted by Crippen LogP contribution is -2.32. The summed E-state index contributed by atoms with van der Waals surface area (Å²) >= 11 is 3.32. The molecule has 1 atom stereocenters. The predicted molar refractivity (Wildman–Crippen MR) is 89.5 cm³/mol. The van der Waals surface area contributed by atoms with Crippen LogP contribution in [0.2, 0.25) is 0 Å². The molecule has 1 fully saturated rings. The molecule has 0 amide bonds. The van der Waals surface area contributed by atoms with Crippen LogP contribution in [-0.2, 0) is 10.0 Å². The van der Waals surface area contributed by atoms with Gasteiger partial charge in [0.25, 0.3) is 0 Å². The normalized spacial score (nSPS) is 21.4. The van der Waals surface area contributed by atoms with Crippen molar-refractivity contribution in [1.82, 2.24) is 4.31 Å². The van der Waals surface area contributed by atoms with Crippen LogP contribution in [0.25, 0.3) is 0 Å². The van der Waals surface area contributed by atoms with Gasteiger partial charge >= 0.3 is 0 Å². The molecule has 0 bridgehead atoms. The first-order valence-electron chi connectivity index (χ1n) is 7.37. The van der Waals surface area contributed by atoms with Gasteiger partial charge in [-0.3, -0.25) is 0 Å². The fraction of sp³-hybridized carbons (Fsp3) is 0.600. The summed E-state index contributed by atoms with van der Waals surface area (Å²) in [5.41, 5.74) is 6.18. The summed E-state index contributed by atoms with van der Waals surface area (Å²) in [6.45, 7) is 5.58. The Kier molecular flexibility index (Phi) is 5.33. The van der Waals surface area contributed by atoms with Crippen molar-refractivity contribution in [3.05, 3.63) is 22.7 Å². The molecule has 21 heavy (non-hydrogen) atoms. The largest absolute Gasteiger partial charge is 0.398 e. The van der Waals surface area contributed by atoms with Crippen LogP contribution in [0.4, 0.5) is 5.69 Å². The van der Waals surface area contributed by atoms with Gasteiger partial charge in [0.2, 0.25) is 10.0 Å². The van der Waals surface area contributed by atoms with Gasteiger partial charge in [0.05, 0.1) is 5.69 Å². The molecule has 1 aromatic carbocycles. The van der Waals surface area contributed by atoms with Gasteiger partial charge in [0, 0.05) is 17.6 Å². The number of rotatable bonds is 3. The van der Waals surface area contributed by atoms with Crippen molar-refractivity contribution in [3.8, 4) is 0 Å². The first kappa shape index (κ1) is 16.8. The van der Waals surface area contributed by atoms with E-state index in [1.807, 2.05) is 0 Å². The summed E-state index contributed by atoms with van der Waals surface area (Å²) in [6, 6.07) is 4.98. The van der Waals surface area contributed by atoms with Crippen LogP contribution >= 0.6 is 15.9 Å². The number of nitrogens with zero attached hydrogens (tertiary/aromatic N) is 1. The summed E-state index contributed by atoms with van der Waals surface area (Å²) < 4.78 is 27.9. The van der Waals surface area contributed by atoms with E-state index >= 15 is 0 Å². The van der Waals surface area contributed by atoms with Crippen LogP contribution in [-0.4, -0.2) is 25.8 Å². The minimum Gasteiger partial charge on any atom is -0.398 e. The molecule has 1 aliphatic rings. The van der Waals surface area contributed by atoms with Crippen molar-refractivity contribution in [2.75, 3.05) is 18.8 Å². The molecule has 1 aliphatic heterocycles. The lowest BCUT2D eigenvalue weighted by atomic mass is 9.89. The Bertz CT molecular complexity index is 602. The van der Waals surface area contributed by atoms with Crippen molar-refractivity contribution in [2.24, 2.45) is 11.8 Å².